The standard InChI is InChI=1S/C34H41N5O4/c1-23-29(6-3-7-31(23)42-2)34(41)37-27-19-25-5-4-14-39(30(25)20-27)32-13-10-26(22-35-32)33(40)36-21-24-8-11-28(12-9-24)38-15-17-43-18-16-38/h3,6-13,22,25,27,30H,4-5,14-21H2,1-2H3,(H,36,40)(H,37,41). The third-order valence-corrected chi connectivity index (χ3v) is 9.19. The first-order valence-electron chi connectivity index (χ1n) is 15.4. The van der Waals surface area contributed by atoms with Crippen LogP contribution in [-0.2, 0) is 11.3 Å². The average molecular weight is 584 g/mol. The Morgan fingerprint density at radius 2 is 1.81 bits per heavy atom. The van der Waals surface area contributed by atoms with Crippen LogP contribution in [0.25, 0.3) is 0 Å². The van der Waals surface area contributed by atoms with Gasteiger partial charge in [0, 0.05) is 61.3 Å². The molecule has 1 saturated carbocycles. The van der Waals surface area contributed by atoms with Crippen molar-refractivity contribution in [1.82, 2.24) is 15.6 Å². The van der Waals surface area contributed by atoms with Crippen LogP contribution in [0.15, 0.2) is 60.8 Å². The van der Waals surface area contributed by atoms with Crippen LogP contribution in [0.1, 0.15) is 57.5 Å². The molecule has 2 N–H and O–H groups in total. The lowest BCUT2D eigenvalue weighted by molar-refractivity contribution is 0.0932. The summed E-state index contributed by atoms with van der Waals surface area (Å²) in [6, 6.07) is 18.2. The number of carbonyl (C=O) groups excluding carboxylic acids is 2. The van der Waals surface area contributed by atoms with Gasteiger partial charge in [0.25, 0.3) is 11.8 Å². The number of anilines is 2. The lowest BCUT2D eigenvalue weighted by atomic mass is 9.92. The van der Waals surface area contributed by atoms with Gasteiger partial charge in [-0.05, 0) is 80.5 Å². The van der Waals surface area contributed by atoms with Gasteiger partial charge in [-0.3, -0.25) is 9.59 Å². The van der Waals surface area contributed by atoms with E-state index in [9.17, 15) is 9.59 Å². The Hall–Kier alpha value is -4.11. The molecule has 0 bridgehead atoms. The van der Waals surface area contributed by atoms with Crippen molar-refractivity contribution in [2.24, 2.45) is 5.92 Å². The van der Waals surface area contributed by atoms with Gasteiger partial charge in [-0.2, -0.15) is 0 Å². The summed E-state index contributed by atoms with van der Waals surface area (Å²) >= 11 is 0. The molecule has 9 heteroatoms. The number of fused-ring (bicyclic) bond motifs is 1. The Bertz CT molecular complexity index is 1420. The van der Waals surface area contributed by atoms with E-state index in [0.717, 1.165) is 81.2 Å². The molecule has 6 rings (SSSR count). The second-order valence-corrected chi connectivity index (χ2v) is 11.8. The molecule has 3 heterocycles. The van der Waals surface area contributed by atoms with Gasteiger partial charge in [0.2, 0.25) is 0 Å². The number of benzene rings is 2. The molecule has 9 nitrogen and oxygen atoms in total. The lowest BCUT2D eigenvalue weighted by Crippen LogP contribution is -2.43. The number of nitrogens with one attached hydrogen (secondary N) is 2. The van der Waals surface area contributed by atoms with Crippen LogP contribution in [0, 0.1) is 12.8 Å². The van der Waals surface area contributed by atoms with E-state index in [-0.39, 0.29) is 17.9 Å². The molecule has 3 atom stereocenters. The number of piperidine rings is 1. The summed E-state index contributed by atoms with van der Waals surface area (Å²) in [6.45, 7) is 6.62. The number of amides is 2. The van der Waals surface area contributed by atoms with E-state index in [1.54, 1.807) is 13.3 Å². The SMILES string of the molecule is COc1cccc(C(=O)NC2CC3CCCN(c4ccc(C(=O)NCc5ccc(N6CCOCC6)cc5)cn4)C3C2)c1C. The summed E-state index contributed by atoms with van der Waals surface area (Å²) in [6.07, 6.45) is 5.76. The predicted octanol–water partition coefficient (Wildman–Crippen LogP) is 4.34. The first-order valence-corrected chi connectivity index (χ1v) is 15.4. The first kappa shape index (κ1) is 29.0. The summed E-state index contributed by atoms with van der Waals surface area (Å²) in [5.41, 5.74) is 4.30. The smallest absolute Gasteiger partial charge is 0.253 e. The zero-order valence-electron chi connectivity index (χ0n) is 25.1. The van der Waals surface area contributed by atoms with Crippen LogP contribution in [0.3, 0.4) is 0 Å². The number of morpholine rings is 1. The second kappa shape index (κ2) is 13.0. The molecule has 1 aliphatic carbocycles. The number of hydrogen-bond donors (Lipinski definition) is 2. The molecule has 3 unspecified atom stereocenters. The van der Waals surface area contributed by atoms with Gasteiger partial charge in [0.15, 0.2) is 0 Å². The van der Waals surface area contributed by atoms with Crippen LogP contribution >= 0.6 is 0 Å². The zero-order chi connectivity index (χ0) is 29.8. The van der Waals surface area contributed by atoms with Crippen LogP contribution in [0.2, 0.25) is 0 Å². The Morgan fingerprint density at radius 1 is 1.00 bits per heavy atom. The fourth-order valence-electron chi connectivity index (χ4n) is 6.85. The maximum absolute atomic E-state index is 13.1. The molecule has 226 valence electrons. The first-order chi connectivity index (χ1) is 21.0. The molecule has 2 aromatic carbocycles. The van der Waals surface area contributed by atoms with Crippen molar-refractivity contribution in [2.75, 3.05) is 49.8 Å². The van der Waals surface area contributed by atoms with Gasteiger partial charge in [0.05, 0.1) is 25.9 Å². The normalized spacial score (nSPS) is 21.7. The van der Waals surface area contributed by atoms with Gasteiger partial charge in [0.1, 0.15) is 11.6 Å². The van der Waals surface area contributed by atoms with Crippen molar-refractivity contribution in [1.29, 1.82) is 0 Å². The molecule has 1 aromatic heterocycles. The number of hydrogen-bond acceptors (Lipinski definition) is 7. The molecular weight excluding hydrogens is 542 g/mol. The number of ether oxygens (including phenoxy) is 2. The van der Waals surface area contributed by atoms with Gasteiger partial charge in [-0.25, -0.2) is 4.98 Å². The van der Waals surface area contributed by atoms with Crippen molar-refractivity contribution in [3.8, 4) is 5.75 Å². The number of pyridine rings is 1. The predicted molar refractivity (Wildman–Crippen MR) is 167 cm³/mol. The monoisotopic (exact) mass is 583 g/mol. The molecule has 3 fully saturated rings. The highest BCUT2D eigenvalue weighted by molar-refractivity contribution is 5.96. The van der Waals surface area contributed by atoms with Crippen LogP contribution in [-0.4, -0.2) is 68.8 Å². The maximum Gasteiger partial charge on any atom is 0.253 e. The van der Waals surface area contributed by atoms with Crippen LogP contribution < -0.4 is 25.2 Å². The second-order valence-electron chi connectivity index (χ2n) is 11.8. The fraction of sp³-hybridized carbons (Fsp3) is 0.441. The molecule has 0 spiro atoms. The fourth-order valence-corrected chi connectivity index (χ4v) is 6.85. The van der Waals surface area contributed by atoms with Gasteiger partial charge in [-0.1, -0.05) is 18.2 Å². The summed E-state index contributed by atoms with van der Waals surface area (Å²) in [4.78, 5) is 35.4. The minimum atomic E-state index is -0.135. The third kappa shape index (κ3) is 6.46. The highest BCUT2D eigenvalue weighted by atomic mass is 16.5. The Kier molecular flexibility index (Phi) is 8.79. The average Bonchev–Trinajstić information content (AvgIpc) is 3.47. The number of methoxy groups -OCH3 is 1. The highest BCUT2D eigenvalue weighted by Crippen LogP contribution is 2.39. The van der Waals surface area contributed by atoms with E-state index in [2.05, 4.69) is 44.7 Å². The van der Waals surface area contributed by atoms with E-state index in [1.165, 1.54) is 5.69 Å². The van der Waals surface area contributed by atoms with Crippen LogP contribution in [0.4, 0.5) is 11.5 Å². The molecule has 2 amide bonds. The van der Waals surface area contributed by atoms with E-state index >= 15 is 0 Å². The Labute approximate surface area is 253 Å². The highest BCUT2D eigenvalue weighted by Gasteiger charge is 2.41. The summed E-state index contributed by atoms with van der Waals surface area (Å²) in [5, 5.41) is 6.31. The number of carbonyl (C=O) groups is 2. The van der Waals surface area contributed by atoms with Crippen molar-refractivity contribution in [3.05, 3.63) is 83.0 Å². The molecule has 2 saturated heterocycles. The quantitative estimate of drug-likeness (QED) is 0.407. The number of aromatic nitrogens is 1. The topological polar surface area (TPSA) is 96.0 Å². The minimum absolute atomic E-state index is 0.0480. The molecule has 0 radical (unpaired) electrons. The Morgan fingerprint density at radius 3 is 2.56 bits per heavy atom. The van der Waals surface area contributed by atoms with Crippen molar-refractivity contribution in [3.63, 3.8) is 0 Å². The molecule has 3 aromatic rings. The summed E-state index contributed by atoms with van der Waals surface area (Å²) in [7, 11) is 1.62. The van der Waals surface area contributed by atoms with Crippen LogP contribution in [0.5, 0.6) is 5.75 Å². The number of rotatable bonds is 8. The summed E-state index contributed by atoms with van der Waals surface area (Å²) < 4.78 is 10.8. The van der Waals surface area contributed by atoms with E-state index in [4.69, 9.17) is 14.5 Å². The zero-order valence-corrected chi connectivity index (χ0v) is 25.1. The van der Waals surface area contributed by atoms with E-state index < -0.39 is 0 Å². The molecule has 43 heavy (non-hydrogen) atoms. The summed E-state index contributed by atoms with van der Waals surface area (Å²) in [5.74, 6) is 1.93. The van der Waals surface area contributed by atoms with Crippen molar-refractivity contribution >= 4 is 23.3 Å². The molecular formula is C34H41N5O4. The van der Waals surface area contributed by atoms with Gasteiger partial charge in [-0.15, -0.1) is 0 Å². The largest absolute Gasteiger partial charge is 0.496 e. The molecule has 3 aliphatic rings. The third-order valence-electron chi connectivity index (χ3n) is 9.19. The Balaban J connectivity index is 1.04. The van der Waals surface area contributed by atoms with Gasteiger partial charge < -0.3 is 29.9 Å². The van der Waals surface area contributed by atoms with Gasteiger partial charge >= 0.3 is 0 Å². The van der Waals surface area contributed by atoms with Crippen molar-refractivity contribution in [2.45, 2.75) is 51.2 Å². The number of nitrogens with zero attached hydrogens (tertiary/aromatic N) is 3. The molecule has 2 aliphatic heterocycles. The minimum Gasteiger partial charge on any atom is -0.496 e. The van der Waals surface area contributed by atoms with E-state index in [0.29, 0.717) is 29.6 Å². The maximum atomic E-state index is 13.1. The van der Waals surface area contributed by atoms with Crippen molar-refractivity contribution < 1.29 is 19.1 Å². The van der Waals surface area contributed by atoms with E-state index in [1.807, 2.05) is 37.3 Å². The lowest BCUT2D eigenvalue weighted by Gasteiger charge is -2.38.